The van der Waals surface area contributed by atoms with Crippen molar-refractivity contribution in [3.05, 3.63) is 18.2 Å². The predicted octanol–water partition coefficient (Wildman–Crippen LogP) is 0.348. The molecule has 1 unspecified atom stereocenters. The number of aliphatic carboxylic acids is 1. The minimum Gasteiger partial charge on any atom is -0.497 e. The van der Waals surface area contributed by atoms with Crippen LogP contribution in [0.1, 0.15) is 0 Å². The van der Waals surface area contributed by atoms with Gasteiger partial charge in [0, 0.05) is 12.6 Å². The van der Waals surface area contributed by atoms with Crippen molar-refractivity contribution >= 4 is 21.5 Å². The molecule has 17 heavy (non-hydrogen) atoms. The zero-order valence-corrected chi connectivity index (χ0v) is 9.82. The Kier molecular flexibility index (Phi) is 2.70. The second-order valence-corrected chi connectivity index (χ2v) is 5.71. The number of hydrogen-bond acceptors (Lipinski definition) is 5. The van der Waals surface area contributed by atoms with Gasteiger partial charge < -0.3 is 15.2 Å². The molecule has 0 amide bonds. The number of methoxy groups -OCH3 is 1. The highest BCUT2D eigenvalue weighted by Gasteiger charge is 2.39. The number of hydrogen-bond donors (Lipinski definition) is 2. The molecule has 0 radical (unpaired) electrons. The molecule has 0 saturated heterocycles. The van der Waals surface area contributed by atoms with Crippen LogP contribution >= 0.6 is 0 Å². The third kappa shape index (κ3) is 1.82. The number of sulfone groups is 1. The van der Waals surface area contributed by atoms with E-state index in [1.807, 2.05) is 0 Å². The smallest absolute Gasteiger partial charge is 0.324 e. The van der Waals surface area contributed by atoms with Gasteiger partial charge in [0.2, 0.25) is 0 Å². The van der Waals surface area contributed by atoms with Crippen LogP contribution in [0.3, 0.4) is 0 Å². The first-order chi connectivity index (χ1) is 7.96. The van der Waals surface area contributed by atoms with Gasteiger partial charge in [-0.05, 0) is 12.1 Å². The van der Waals surface area contributed by atoms with Crippen molar-refractivity contribution in [2.75, 3.05) is 19.0 Å². The molecule has 7 heteroatoms. The Bertz CT molecular complexity index is 566. The van der Waals surface area contributed by atoms with Gasteiger partial charge in [-0.15, -0.1) is 0 Å². The lowest BCUT2D eigenvalue weighted by molar-refractivity contribution is -0.136. The lowest BCUT2D eigenvalue weighted by Gasteiger charge is -2.23. The number of benzene rings is 1. The number of carbonyl (C=O) groups is 1. The Hall–Kier alpha value is -1.76. The molecule has 1 atom stereocenters. The quantitative estimate of drug-likeness (QED) is 0.794. The molecule has 92 valence electrons. The molecular weight excluding hydrogens is 246 g/mol. The Morgan fingerprint density at radius 1 is 1.53 bits per heavy atom. The van der Waals surface area contributed by atoms with Crippen LogP contribution in [0.2, 0.25) is 0 Å². The van der Waals surface area contributed by atoms with Gasteiger partial charge in [-0.25, -0.2) is 8.42 Å². The molecular formula is C10H11NO5S. The van der Waals surface area contributed by atoms with Crippen molar-refractivity contribution in [3.8, 4) is 5.75 Å². The maximum absolute atomic E-state index is 12.0. The van der Waals surface area contributed by atoms with Gasteiger partial charge in [-0.2, -0.15) is 0 Å². The first kappa shape index (κ1) is 11.7. The second-order valence-electron chi connectivity index (χ2n) is 3.61. The first-order valence-corrected chi connectivity index (χ1v) is 6.40. The number of nitrogens with one attached hydrogen (secondary N) is 1. The maximum Gasteiger partial charge on any atom is 0.324 e. The molecule has 2 N–H and O–H groups in total. The lowest BCUT2D eigenvalue weighted by Crippen LogP contribution is -2.40. The number of rotatable bonds is 2. The zero-order valence-electron chi connectivity index (χ0n) is 9.00. The summed E-state index contributed by atoms with van der Waals surface area (Å²) < 4.78 is 29.0. The third-order valence-corrected chi connectivity index (χ3v) is 4.69. The summed E-state index contributed by atoms with van der Waals surface area (Å²) in [5.41, 5.74) is 0.406. The van der Waals surface area contributed by atoms with Gasteiger partial charge in [-0.1, -0.05) is 0 Å². The van der Waals surface area contributed by atoms with Crippen LogP contribution in [0.4, 0.5) is 5.69 Å². The predicted molar refractivity (Wildman–Crippen MR) is 60.1 cm³/mol. The molecule has 1 aromatic rings. The van der Waals surface area contributed by atoms with Gasteiger partial charge >= 0.3 is 5.97 Å². The van der Waals surface area contributed by atoms with Crippen LogP contribution in [-0.2, 0) is 14.6 Å². The molecule has 0 aliphatic carbocycles. The molecule has 1 aromatic carbocycles. The van der Waals surface area contributed by atoms with Crippen molar-refractivity contribution in [1.82, 2.24) is 0 Å². The molecule has 0 saturated carbocycles. The van der Waals surface area contributed by atoms with Crippen LogP contribution in [0.5, 0.6) is 5.75 Å². The molecule has 2 rings (SSSR count). The summed E-state index contributed by atoms with van der Waals surface area (Å²) in [6.07, 6.45) is 0. The van der Waals surface area contributed by atoms with Gasteiger partial charge in [0.05, 0.1) is 17.7 Å². The Morgan fingerprint density at radius 2 is 2.24 bits per heavy atom. The lowest BCUT2D eigenvalue weighted by atomic mass is 10.3. The molecule has 1 aliphatic heterocycles. The largest absolute Gasteiger partial charge is 0.497 e. The van der Waals surface area contributed by atoms with Crippen LogP contribution in [0, 0.1) is 0 Å². The van der Waals surface area contributed by atoms with E-state index in [0.717, 1.165) is 0 Å². The zero-order chi connectivity index (χ0) is 12.6. The third-order valence-electron chi connectivity index (χ3n) is 2.62. The average Bonchev–Trinajstić information content (AvgIpc) is 2.28. The van der Waals surface area contributed by atoms with Crippen molar-refractivity contribution in [3.63, 3.8) is 0 Å². The summed E-state index contributed by atoms with van der Waals surface area (Å²) in [4.78, 5) is 10.9. The maximum atomic E-state index is 12.0. The summed E-state index contributed by atoms with van der Waals surface area (Å²) in [6, 6.07) is 4.50. The molecule has 0 aromatic heterocycles. The number of fused-ring (bicyclic) bond motifs is 1. The van der Waals surface area contributed by atoms with Crippen LogP contribution < -0.4 is 10.1 Å². The van der Waals surface area contributed by atoms with Gasteiger partial charge in [0.25, 0.3) is 0 Å². The molecule has 0 spiro atoms. The van der Waals surface area contributed by atoms with E-state index >= 15 is 0 Å². The minimum absolute atomic E-state index is 0.0319. The number of ether oxygens (including phenoxy) is 1. The Morgan fingerprint density at radius 3 is 2.82 bits per heavy atom. The molecule has 6 nitrogen and oxygen atoms in total. The fourth-order valence-electron chi connectivity index (χ4n) is 1.70. The molecule has 1 aliphatic rings. The summed E-state index contributed by atoms with van der Waals surface area (Å²) in [7, 11) is -2.44. The molecule has 0 fully saturated rings. The number of carboxylic acids is 1. The topological polar surface area (TPSA) is 92.7 Å². The monoisotopic (exact) mass is 257 g/mol. The number of anilines is 1. The van der Waals surface area contributed by atoms with E-state index in [1.165, 1.54) is 13.2 Å². The standard InChI is InChI=1S/C10H11NO5S/c1-16-6-2-3-7-8(4-6)17(14,15)9(5-11-7)10(12)13/h2-4,9,11H,5H2,1H3,(H,12,13). The second kappa shape index (κ2) is 3.92. The summed E-state index contributed by atoms with van der Waals surface area (Å²) in [6.45, 7) is -0.128. The minimum atomic E-state index is -3.86. The van der Waals surface area contributed by atoms with E-state index in [0.29, 0.717) is 11.4 Å². The van der Waals surface area contributed by atoms with E-state index in [9.17, 15) is 13.2 Å². The highest BCUT2D eigenvalue weighted by molar-refractivity contribution is 7.93. The fraction of sp³-hybridized carbons (Fsp3) is 0.300. The molecule has 1 heterocycles. The summed E-state index contributed by atoms with van der Waals surface area (Å²) in [5, 5.41) is 10.2. The van der Waals surface area contributed by atoms with Gasteiger partial charge in [-0.3, -0.25) is 4.79 Å². The van der Waals surface area contributed by atoms with Crippen LogP contribution in [0.25, 0.3) is 0 Å². The van der Waals surface area contributed by atoms with Crippen LogP contribution in [0.15, 0.2) is 23.1 Å². The average molecular weight is 257 g/mol. The van der Waals surface area contributed by atoms with Crippen LogP contribution in [-0.4, -0.2) is 38.4 Å². The van der Waals surface area contributed by atoms with E-state index in [1.54, 1.807) is 12.1 Å². The normalized spacial score (nSPS) is 21.1. The highest BCUT2D eigenvalue weighted by atomic mass is 32.2. The summed E-state index contributed by atoms with van der Waals surface area (Å²) >= 11 is 0. The van der Waals surface area contributed by atoms with E-state index < -0.39 is 21.1 Å². The van der Waals surface area contributed by atoms with Crippen molar-refractivity contribution < 1.29 is 23.1 Å². The molecule has 0 bridgehead atoms. The van der Waals surface area contributed by atoms with E-state index in [-0.39, 0.29) is 11.4 Å². The number of carboxylic acid groups (broad SMARTS) is 1. The first-order valence-electron chi connectivity index (χ1n) is 4.85. The summed E-state index contributed by atoms with van der Waals surface area (Å²) in [5.74, 6) is -0.980. The fourth-order valence-corrected chi connectivity index (χ4v) is 3.30. The Balaban J connectivity index is 2.59. The van der Waals surface area contributed by atoms with Gasteiger partial charge in [0.15, 0.2) is 15.1 Å². The van der Waals surface area contributed by atoms with Crippen molar-refractivity contribution in [2.45, 2.75) is 10.1 Å². The van der Waals surface area contributed by atoms with E-state index in [4.69, 9.17) is 9.84 Å². The van der Waals surface area contributed by atoms with E-state index in [2.05, 4.69) is 5.32 Å². The van der Waals surface area contributed by atoms with Gasteiger partial charge in [0.1, 0.15) is 5.75 Å². The SMILES string of the molecule is COc1ccc2c(c1)S(=O)(=O)C(C(=O)O)CN2. The highest BCUT2D eigenvalue weighted by Crippen LogP contribution is 2.32. The van der Waals surface area contributed by atoms with Crippen molar-refractivity contribution in [1.29, 1.82) is 0 Å². The Labute approximate surface area is 98.1 Å². The van der Waals surface area contributed by atoms with Crippen molar-refractivity contribution in [2.24, 2.45) is 0 Å².